The Morgan fingerprint density at radius 2 is 1.96 bits per heavy atom. The van der Waals surface area contributed by atoms with E-state index in [1.165, 1.54) is 23.9 Å². The van der Waals surface area contributed by atoms with Crippen molar-refractivity contribution in [2.45, 2.75) is 18.1 Å². The number of aromatic nitrogens is 4. The molecule has 0 bridgehead atoms. The number of carbonyl (C=O) groups is 1. The van der Waals surface area contributed by atoms with Gasteiger partial charge in [-0.3, -0.25) is 4.79 Å². The number of amides is 1. The molecule has 7 nitrogen and oxygen atoms in total. The van der Waals surface area contributed by atoms with Crippen molar-refractivity contribution in [3.63, 3.8) is 0 Å². The van der Waals surface area contributed by atoms with E-state index in [0.717, 1.165) is 5.56 Å². The highest BCUT2D eigenvalue weighted by atomic mass is 32.2. The number of benzene rings is 2. The predicted octanol–water partition coefficient (Wildman–Crippen LogP) is 3.12. The van der Waals surface area contributed by atoms with Crippen LogP contribution < -0.4 is 4.74 Å². The lowest BCUT2D eigenvalue weighted by Crippen LogP contribution is -2.31. The van der Waals surface area contributed by atoms with E-state index in [4.69, 9.17) is 4.74 Å². The van der Waals surface area contributed by atoms with Gasteiger partial charge in [0.15, 0.2) is 0 Å². The molecule has 1 atom stereocenters. The Kier molecular flexibility index (Phi) is 6.25. The third kappa shape index (κ3) is 4.30. The van der Waals surface area contributed by atoms with E-state index >= 15 is 0 Å². The van der Waals surface area contributed by atoms with Gasteiger partial charge in [0.25, 0.3) is 0 Å². The van der Waals surface area contributed by atoms with Crippen molar-refractivity contribution in [2.75, 3.05) is 19.9 Å². The number of halogens is 1. The Labute approximate surface area is 166 Å². The number of nitrogens with zero attached hydrogens (tertiary/aromatic N) is 5. The van der Waals surface area contributed by atoms with Crippen LogP contribution in [0.1, 0.15) is 18.5 Å². The SMILES string of the molecule is COc1ccccc1-n1nnnc1SCC(=O)N(C)C(C)c1ccc(F)cc1. The highest BCUT2D eigenvalue weighted by Crippen LogP contribution is 2.26. The maximum Gasteiger partial charge on any atom is 0.233 e. The summed E-state index contributed by atoms with van der Waals surface area (Å²) < 4.78 is 20.0. The number of carbonyl (C=O) groups excluding carboxylic acids is 1. The smallest absolute Gasteiger partial charge is 0.233 e. The van der Waals surface area contributed by atoms with Crippen LogP contribution in [-0.2, 0) is 4.79 Å². The summed E-state index contributed by atoms with van der Waals surface area (Å²) in [5, 5.41) is 12.2. The highest BCUT2D eigenvalue weighted by Gasteiger charge is 2.20. The molecule has 28 heavy (non-hydrogen) atoms. The fraction of sp³-hybridized carbons (Fsp3) is 0.263. The molecular formula is C19H20FN5O2S. The van der Waals surface area contributed by atoms with Crippen molar-refractivity contribution in [1.82, 2.24) is 25.1 Å². The maximum atomic E-state index is 13.1. The summed E-state index contributed by atoms with van der Waals surface area (Å²) in [4.78, 5) is 14.2. The van der Waals surface area contributed by atoms with Gasteiger partial charge >= 0.3 is 0 Å². The number of rotatable bonds is 7. The van der Waals surface area contributed by atoms with Crippen molar-refractivity contribution < 1.29 is 13.9 Å². The number of hydrogen-bond acceptors (Lipinski definition) is 6. The van der Waals surface area contributed by atoms with Crippen molar-refractivity contribution in [3.05, 3.63) is 59.9 Å². The van der Waals surface area contributed by atoms with E-state index in [9.17, 15) is 9.18 Å². The molecule has 0 saturated heterocycles. The normalized spacial score (nSPS) is 11.9. The van der Waals surface area contributed by atoms with Gasteiger partial charge in [-0.05, 0) is 47.2 Å². The third-order valence-corrected chi connectivity index (χ3v) is 5.31. The van der Waals surface area contributed by atoms with Gasteiger partial charge in [-0.1, -0.05) is 36.0 Å². The van der Waals surface area contributed by atoms with E-state index in [1.54, 1.807) is 35.9 Å². The molecule has 0 N–H and O–H groups in total. The lowest BCUT2D eigenvalue weighted by atomic mass is 10.1. The standard InChI is InChI=1S/C19H20FN5O2S/c1-13(14-8-10-15(20)11-9-14)24(2)18(26)12-28-19-21-22-23-25(19)16-6-4-5-7-17(16)27-3/h4-11,13H,12H2,1-3H3. The molecule has 3 aromatic rings. The molecular weight excluding hydrogens is 381 g/mol. The second kappa shape index (κ2) is 8.83. The van der Waals surface area contributed by atoms with E-state index in [1.807, 2.05) is 31.2 Å². The first-order valence-corrected chi connectivity index (χ1v) is 9.55. The molecule has 0 spiro atoms. The lowest BCUT2D eigenvalue weighted by molar-refractivity contribution is -0.128. The van der Waals surface area contributed by atoms with Gasteiger partial charge < -0.3 is 9.64 Å². The van der Waals surface area contributed by atoms with Gasteiger partial charge in [-0.2, -0.15) is 4.68 Å². The molecule has 9 heteroatoms. The highest BCUT2D eigenvalue weighted by molar-refractivity contribution is 7.99. The van der Waals surface area contributed by atoms with E-state index < -0.39 is 0 Å². The number of thioether (sulfide) groups is 1. The minimum Gasteiger partial charge on any atom is -0.494 e. The second-order valence-corrected chi connectivity index (χ2v) is 7.01. The fourth-order valence-corrected chi connectivity index (χ4v) is 3.44. The zero-order chi connectivity index (χ0) is 20.1. The number of tetrazole rings is 1. The largest absolute Gasteiger partial charge is 0.494 e. The average Bonchev–Trinajstić information content (AvgIpc) is 3.19. The molecule has 1 aromatic heterocycles. The molecule has 1 heterocycles. The Morgan fingerprint density at radius 1 is 1.25 bits per heavy atom. The Bertz CT molecular complexity index is 948. The monoisotopic (exact) mass is 401 g/mol. The fourth-order valence-electron chi connectivity index (χ4n) is 2.63. The van der Waals surface area contributed by atoms with Gasteiger partial charge in [0.1, 0.15) is 17.3 Å². The van der Waals surface area contributed by atoms with Crippen LogP contribution in [-0.4, -0.2) is 50.9 Å². The van der Waals surface area contributed by atoms with Crippen molar-refractivity contribution in [3.8, 4) is 11.4 Å². The van der Waals surface area contributed by atoms with E-state index in [-0.39, 0.29) is 23.5 Å². The quantitative estimate of drug-likeness (QED) is 0.567. The zero-order valence-corrected chi connectivity index (χ0v) is 16.6. The van der Waals surface area contributed by atoms with Crippen LogP contribution in [0.5, 0.6) is 5.75 Å². The van der Waals surface area contributed by atoms with Crippen LogP contribution in [0.25, 0.3) is 5.69 Å². The number of ether oxygens (including phenoxy) is 1. The lowest BCUT2D eigenvalue weighted by Gasteiger charge is -2.25. The molecule has 1 unspecified atom stereocenters. The Balaban J connectivity index is 1.68. The average molecular weight is 401 g/mol. The summed E-state index contributed by atoms with van der Waals surface area (Å²) in [6, 6.07) is 13.3. The van der Waals surface area contributed by atoms with Crippen molar-refractivity contribution in [2.24, 2.45) is 0 Å². The van der Waals surface area contributed by atoms with Crippen LogP contribution in [0.4, 0.5) is 4.39 Å². The summed E-state index contributed by atoms with van der Waals surface area (Å²) in [5.41, 5.74) is 1.55. The molecule has 3 rings (SSSR count). The first kappa shape index (κ1) is 19.8. The molecule has 0 fully saturated rings. The molecule has 0 aliphatic heterocycles. The minimum absolute atomic E-state index is 0.0867. The summed E-state index contributed by atoms with van der Waals surface area (Å²) in [7, 11) is 3.30. The first-order chi connectivity index (χ1) is 13.5. The van der Waals surface area contributed by atoms with Crippen molar-refractivity contribution in [1.29, 1.82) is 0 Å². The molecule has 0 aliphatic rings. The molecule has 0 saturated carbocycles. The topological polar surface area (TPSA) is 73.1 Å². The van der Waals surface area contributed by atoms with E-state index in [2.05, 4.69) is 15.5 Å². The van der Waals surface area contributed by atoms with E-state index in [0.29, 0.717) is 16.6 Å². The molecule has 1 amide bonds. The zero-order valence-electron chi connectivity index (χ0n) is 15.7. The third-order valence-electron chi connectivity index (χ3n) is 4.41. The maximum absolute atomic E-state index is 13.1. The van der Waals surface area contributed by atoms with Crippen molar-refractivity contribution >= 4 is 17.7 Å². The minimum atomic E-state index is -0.302. The van der Waals surface area contributed by atoms with Gasteiger partial charge in [0.05, 0.1) is 18.9 Å². The van der Waals surface area contributed by atoms with Gasteiger partial charge in [-0.15, -0.1) is 5.10 Å². The summed E-state index contributed by atoms with van der Waals surface area (Å²) in [5.74, 6) is 0.405. The van der Waals surface area contributed by atoms with Crippen LogP contribution in [0.3, 0.4) is 0 Å². The molecule has 0 aliphatic carbocycles. The Morgan fingerprint density at radius 3 is 2.68 bits per heavy atom. The summed E-state index contributed by atoms with van der Waals surface area (Å²) in [6.07, 6.45) is 0. The van der Waals surface area contributed by atoms with Gasteiger partial charge in [-0.25, -0.2) is 4.39 Å². The molecule has 146 valence electrons. The molecule has 2 aromatic carbocycles. The summed E-state index contributed by atoms with van der Waals surface area (Å²) in [6.45, 7) is 1.90. The number of hydrogen-bond donors (Lipinski definition) is 0. The number of methoxy groups -OCH3 is 1. The Hall–Kier alpha value is -2.94. The number of para-hydroxylation sites is 2. The van der Waals surface area contributed by atoms with Gasteiger partial charge in [0.2, 0.25) is 11.1 Å². The van der Waals surface area contributed by atoms with Crippen LogP contribution >= 0.6 is 11.8 Å². The van der Waals surface area contributed by atoms with Gasteiger partial charge in [0, 0.05) is 7.05 Å². The summed E-state index contributed by atoms with van der Waals surface area (Å²) >= 11 is 1.24. The van der Waals surface area contributed by atoms with Crippen LogP contribution in [0, 0.1) is 5.82 Å². The molecule has 0 radical (unpaired) electrons. The first-order valence-electron chi connectivity index (χ1n) is 8.57. The van der Waals surface area contributed by atoms with Crippen LogP contribution in [0.2, 0.25) is 0 Å². The predicted molar refractivity (Wildman–Crippen MR) is 104 cm³/mol. The van der Waals surface area contributed by atoms with Crippen LogP contribution in [0.15, 0.2) is 53.7 Å². The second-order valence-electron chi connectivity index (χ2n) is 6.07.